The molecule has 0 saturated heterocycles. The van der Waals surface area contributed by atoms with Crippen molar-refractivity contribution < 1.29 is 14.3 Å². The Hall–Kier alpha value is -1.84. The number of benzene rings is 1. The number of nitrogens with one attached hydrogen (secondary N) is 1. The lowest BCUT2D eigenvalue weighted by Gasteiger charge is -2.29. The molecule has 1 fully saturated rings. The normalized spacial score (nSPS) is 22.1. The topological polar surface area (TPSA) is 55.4 Å². The Morgan fingerprint density at radius 1 is 1.35 bits per heavy atom. The average molecular weight is 275 g/mol. The fourth-order valence-corrected chi connectivity index (χ4v) is 2.63. The molecule has 2 atom stereocenters. The van der Waals surface area contributed by atoms with E-state index in [1.165, 1.54) is 19.3 Å². The quantitative estimate of drug-likeness (QED) is 0.840. The van der Waals surface area contributed by atoms with Gasteiger partial charge in [-0.25, -0.2) is 0 Å². The second-order valence-electron chi connectivity index (χ2n) is 5.38. The lowest BCUT2D eigenvalue weighted by molar-refractivity contribution is -0.124. The summed E-state index contributed by atoms with van der Waals surface area (Å²) in [6, 6.07) is 7.16. The van der Waals surface area contributed by atoms with E-state index in [0.717, 1.165) is 12.7 Å². The van der Waals surface area contributed by atoms with E-state index in [-0.39, 0.29) is 18.6 Å². The maximum atomic E-state index is 11.9. The molecular formula is C16H21NO3. The fourth-order valence-electron chi connectivity index (χ4n) is 2.63. The number of aldehydes is 1. The first-order valence-electron chi connectivity index (χ1n) is 7.17. The minimum atomic E-state index is -0.121. The molecule has 1 aliphatic carbocycles. The smallest absolute Gasteiger partial charge is 0.258 e. The monoisotopic (exact) mass is 275 g/mol. The van der Waals surface area contributed by atoms with Crippen molar-refractivity contribution in [2.75, 3.05) is 6.61 Å². The summed E-state index contributed by atoms with van der Waals surface area (Å²) in [6.07, 6.45) is 5.36. The van der Waals surface area contributed by atoms with Gasteiger partial charge in [-0.3, -0.25) is 9.59 Å². The summed E-state index contributed by atoms with van der Waals surface area (Å²) in [5.74, 6) is 0.855. The average Bonchev–Trinajstić information content (AvgIpc) is 2.48. The van der Waals surface area contributed by atoms with Crippen LogP contribution in [-0.2, 0) is 4.79 Å². The first-order chi connectivity index (χ1) is 9.70. The molecule has 1 aromatic rings. The van der Waals surface area contributed by atoms with Crippen LogP contribution < -0.4 is 10.1 Å². The molecule has 0 heterocycles. The minimum absolute atomic E-state index is 0.0475. The van der Waals surface area contributed by atoms with Crippen LogP contribution >= 0.6 is 0 Å². The van der Waals surface area contributed by atoms with Gasteiger partial charge in [-0.05, 0) is 30.9 Å². The number of rotatable bonds is 5. The lowest BCUT2D eigenvalue weighted by Crippen LogP contribution is -2.43. The Balaban J connectivity index is 1.84. The van der Waals surface area contributed by atoms with Crippen molar-refractivity contribution in [3.8, 4) is 5.75 Å². The van der Waals surface area contributed by atoms with Gasteiger partial charge >= 0.3 is 0 Å². The lowest BCUT2D eigenvalue weighted by atomic mass is 9.86. The van der Waals surface area contributed by atoms with Crippen molar-refractivity contribution in [1.82, 2.24) is 5.32 Å². The molecule has 1 N–H and O–H groups in total. The highest BCUT2D eigenvalue weighted by Crippen LogP contribution is 2.23. The largest absolute Gasteiger partial charge is 0.483 e. The van der Waals surface area contributed by atoms with Gasteiger partial charge in [0.1, 0.15) is 5.75 Å². The summed E-state index contributed by atoms with van der Waals surface area (Å²) in [5, 5.41) is 3.02. The molecule has 0 unspecified atom stereocenters. The Morgan fingerprint density at radius 2 is 2.10 bits per heavy atom. The Morgan fingerprint density at radius 3 is 2.85 bits per heavy atom. The number of amides is 1. The van der Waals surface area contributed by atoms with Crippen molar-refractivity contribution in [2.24, 2.45) is 5.92 Å². The standard InChI is InChI=1S/C16H21NO3/c1-12-6-2-4-8-14(12)17-16(19)11-20-15-9-5-3-7-13(15)10-18/h3,5,7,9-10,12,14H,2,4,6,8,11H2,1H3,(H,17,19)/t12-,14+/m1/s1. The number of hydrogen-bond donors (Lipinski definition) is 1. The third-order valence-electron chi connectivity index (χ3n) is 3.86. The molecule has 0 radical (unpaired) electrons. The summed E-state index contributed by atoms with van der Waals surface area (Å²) < 4.78 is 5.42. The molecule has 0 bridgehead atoms. The molecule has 1 amide bonds. The van der Waals surface area contributed by atoms with Crippen LogP contribution in [0, 0.1) is 5.92 Å². The van der Waals surface area contributed by atoms with Crippen molar-refractivity contribution in [3.05, 3.63) is 29.8 Å². The van der Waals surface area contributed by atoms with Gasteiger partial charge in [-0.15, -0.1) is 0 Å². The zero-order valence-electron chi connectivity index (χ0n) is 11.8. The van der Waals surface area contributed by atoms with Crippen molar-refractivity contribution in [1.29, 1.82) is 0 Å². The van der Waals surface area contributed by atoms with Gasteiger partial charge < -0.3 is 10.1 Å². The number of carbonyl (C=O) groups excluding carboxylic acids is 2. The van der Waals surface area contributed by atoms with Crippen molar-refractivity contribution >= 4 is 12.2 Å². The number of carbonyl (C=O) groups is 2. The highest BCUT2D eigenvalue weighted by Gasteiger charge is 2.22. The van der Waals surface area contributed by atoms with E-state index in [1.807, 2.05) is 0 Å². The van der Waals surface area contributed by atoms with Gasteiger partial charge in [-0.1, -0.05) is 31.9 Å². The van der Waals surface area contributed by atoms with Crippen LogP contribution in [0.5, 0.6) is 5.75 Å². The van der Waals surface area contributed by atoms with Crippen molar-refractivity contribution in [3.63, 3.8) is 0 Å². The zero-order valence-corrected chi connectivity index (χ0v) is 11.8. The molecule has 2 rings (SSSR count). The Kier molecular flexibility index (Phi) is 5.16. The van der Waals surface area contributed by atoms with E-state index in [1.54, 1.807) is 24.3 Å². The van der Waals surface area contributed by atoms with Crippen molar-refractivity contribution in [2.45, 2.75) is 38.6 Å². The molecule has 1 aliphatic rings. The van der Waals surface area contributed by atoms with E-state index in [0.29, 0.717) is 17.2 Å². The van der Waals surface area contributed by atoms with Gasteiger partial charge in [0.15, 0.2) is 12.9 Å². The summed E-state index contributed by atoms with van der Waals surface area (Å²) >= 11 is 0. The second-order valence-corrected chi connectivity index (χ2v) is 5.38. The van der Waals surface area contributed by atoms with E-state index in [9.17, 15) is 9.59 Å². The third-order valence-corrected chi connectivity index (χ3v) is 3.86. The molecular weight excluding hydrogens is 254 g/mol. The predicted molar refractivity (Wildman–Crippen MR) is 76.9 cm³/mol. The molecule has 0 spiro atoms. The van der Waals surface area contributed by atoms with Crippen LogP contribution in [0.1, 0.15) is 43.0 Å². The van der Waals surface area contributed by atoms with Gasteiger partial charge in [0, 0.05) is 6.04 Å². The number of para-hydroxylation sites is 1. The Bertz CT molecular complexity index is 473. The molecule has 1 saturated carbocycles. The SMILES string of the molecule is C[C@@H]1CCCC[C@@H]1NC(=O)COc1ccccc1C=O. The summed E-state index contributed by atoms with van der Waals surface area (Å²) in [7, 11) is 0. The van der Waals surface area contributed by atoms with Crippen LogP contribution in [0.25, 0.3) is 0 Å². The highest BCUT2D eigenvalue weighted by molar-refractivity contribution is 5.80. The maximum Gasteiger partial charge on any atom is 0.258 e. The van der Waals surface area contributed by atoms with E-state index >= 15 is 0 Å². The third kappa shape index (κ3) is 3.83. The van der Waals surface area contributed by atoms with Crippen LogP contribution in [0.2, 0.25) is 0 Å². The maximum absolute atomic E-state index is 11.9. The molecule has 4 heteroatoms. The molecule has 0 aromatic heterocycles. The summed E-state index contributed by atoms with van der Waals surface area (Å²) in [4.78, 5) is 22.8. The Labute approximate surface area is 119 Å². The van der Waals surface area contributed by atoms with Crippen LogP contribution in [0.3, 0.4) is 0 Å². The van der Waals surface area contributed by atoms with Gasteiger partial charge in [0.25, 0.3) is 5.91 Å². The summed E-state index contributed by atoms with van der Waals surface area (Å²) in [5.41, 5.74) is 0.464. The van der Waals surface area contributed by atoms with E-state index < -0.39 is 0 Å². The van der Waals surface area contributed by atoms with Gasteiger partial charge in [-0.2, -0.15) is 0 Å². The second kappa shape index (κ2) is 7.08. The van der Waals surface area contributed by atoms with Crippen LogP contribution in [0.4, 0.5) is 0 Å². The van der Waals surface area contributed by atoms with Gasteiger partial charge in [0.05, 0.1) is 5.56 Å². The number of hydrogen-bond acceptors (Lipinski definition) is 3. The van der Waals surface area contributed by atoms with E-state index in [4.69, 9.17) is 4.74 Å². The summed E-state index contributed by atoms with van der Waals surface area (Å²) in [6.45, 7) is 2.13. The number of ether oxygens (including phenoxy) is 1. The molecule has 1 aromatic carbocycles. The minimum Gasteiger partial charge on any atom is -0.483 e. The molecule has 0 aliphatic heterocycles. The van der Waals surface area contributed by atoms with Crippen LogP contribution in [0.15, 0.2) is 24.3 Å². The van der Waals surface area contributed by atoms with Crippen LogP contribution in [-0.4, -0.2) is 24.8 Å². The van der Waals surface area contributed by atoms with E-state index in [2.05, 4.69) is 12.2 Å². The molecule has 20 heavy (non-hydrogen) atoms. The predicted octanol–water partition coefficient (Wildman–Crippen LogP) is 2.57. The first kappa shape index (κ1) is 14.6. The fraction of sp³-hybridized carbons (Fsp3) is 0.500. The van der Waals surface area contributed by atoms with Gasteiger partial charge in [0.2, 0.25) is 0 Å². The molecule has 108 valence electrons. The zero-order chi connectivity index (χ0) is 14.4. The molecule has 4 nitrogen and oxygen atoms in total. The first-order valence-corrected chi connectivity index (χ1v) is 7.17. The highest BCUT2D eigenvalue weighted by atomic mass is 16.5.